The van der Waals surface area contributed by atoms with Crippen LogP contribution in [-0.2, 0) is 0 Å². The molecular formula is C19H40N2. The van der Waals surface area contributed by atoms with Crippen LogP contribution in [0.1, 0.15) is 73.1 Å². The third-order valence-corrected chi connectivity index (χ3v) is 5.99. The molecule has 1 fully saturated rings. The van der Waals surface area contributed by atoms with Crippen molar-refractivity contribution in [3.05, 3.63) is 0 Å². The second kappa shape index (κ2) is 8.53. The molecule has 1 aliphatic carbocycles. The second-order valence-corrected chi connectivity index (χ2v) is 7.81. The van der Waals surface area contributed by atoms with Gasteiger partial charge in [-0.1, -0.05) is 34.6 Å². The standard InChI is InChI=1S/C19H40N2/c1-8-11-20-18(19(9-2,10-3)21(6)7)17-13-15(4)12-16(5)14-17/h15-18,20H,8-14H2,1-7H3. The fraction of sp³-hybridized carbons (Fsp3) is 1.00. The normalized spacial score (nSPS) is 28.9. The molecule has 0 heterocycles. The maximum Gasteiger partial charge on any atom is 0.0353 e. The number of hydrogen-bond acceptors (Lipinski definition) is 2. The minimum absolute atomic E-state index is 0.302. The van der Waals surface area contributed by atoms with E-state index in [-0.39, 0.29) is 0 Å². The van der Waals surface area contributed by atoms with Gasteiger partial charge < -0.3 is 10.2 Å². The lowest BCUT2D eigenvalue weighted by molar-refractivity contribution is 0.0339. The first-order valence-corrected chi connectivity index (χ1v) is 9.31. The van der Waals surface area contributed by atoms with Crippen molar-refractivity contribution in [1.29, 1.82) is 0 Å². The van der Waals surface area contributed by atoms with E-state index in [1.807, 2.05) is 0 Å². The first kappa shape index (κ1) is 19.0. The van der Waals surface area contributed by atoms with Gasteiger partial charge in [-0.2, -0.15) is 0 Å². The minimum atomic E-state index is 0.302. The molecule has 2 nitrogen and oxygen atoms in total. The first-order chi connectivity index (χ1) is 9.91. The number of nitrogens with zero attached hydrogens (tertiary/aromatic N) is 1. The average molecular weight is 297 g/mol. The van der Waals surface area contributed by atoms with Gasteiger partial charge in [-0.25, -0.2) is 0 Å². The van der Waals surface area contributed by atoms with Crippen LogP contribution < -0.4 is 5.32 Å². The van der Waals surface area contributed by atoms with Crippen molar-refractivity contribution in [3.63, 3.8) is 0 Å². The molecule has 2 heteroatoms. The summed E-state index contributed by atoms with van der Waals surface area (Å²) in [5.74, 6) is 2.61. The van der Waals surface area contributed by atoms with Gasteiger partial charge in [0.15, 0.2) is 0 Å². The van der Waals surface area contributed by atoms with Crippen LogP contribution in [0.5, 0.6) is 0 Å². The smallest absolute Gasteiger partial charge is 0.0353 e. The highest BCUT2D eigenvalue weighted by Gasteiger charge is 2.43. The van der Waals surface area contributed by atoms with Crippen molar-refractivity contribution >= 4 is 0 Å². The van der Waals surface area contributed by atoms with Crippen molar-refractivity contribution < 1.29 is 0 Å². The first-order valence-electron chi connectivity index (χ1n) is 9.31. The molecule has 3 atom stereocenters. The maximum atomic E-state index is 3.96. The maximum absolute atomic E-state index is 3.96. The third-order valence-electron chi connectivity index (χ3n) is 5.99. The molecule has 0 aromatic carbocycles. The second-order valence-electron chi connectivity index (χ2n) is 7.81. The summed E-state index contributed by atoms with van der Waals surface area (Å²) < 4.78 is 0. The zero-order valence-electron chi connectivity index (χ0n) is 15.7. The van der Waals surface area contributed by atoms with Crippen LogP contribution in [0.25, 0.3) is 0 Å². The zero-order valence-corrected chi connectivity index (χ0v) is 15.7. The third kappa shape index (κ3) is 4.45. The van der Waals surface area contributed by atoms with Gasteiger partial charge in [-0.15, -0.1) is 0 Å². The molecule has 0 saturated heterocycles. The summed E-state index contributed by atoms with van der Waals surface area (Å²) in [6.45, 7) is 13.1. The van der Waals surface area contributed by atoms with Gasteiger partial charge >= 0.3 is 0 Å². The van der Waals surface area contributed by atoms with Crippen molar-refractivity contribution in [2.75, 3.05) is 20.6 Å². The predicted molar refractivity (Wildman–Crippen MR) is 94.8 cm³/mol. The van der Waals surface area contributed by atoms with Crippen molar-refractivity contribution in [1.82, 2.24) is 10.2 Å². The Kier molecular flexibility index (Phi) is 7.70. The van der Waals surface area contributed by atoms with Crippen LogP contribution >= 0.6 is 0 Å². The Morgan fingerprint density at radius 3 is 1.90 bits per heavy atom. The number of rotatable bonds is 8. The molecule has 1 rings (SSSR count). The summed E-state index contributed by atoms with van der Waals surface area (Å²) in [6, 6.07) is 0.632. The fourth-order valence-electron chi connectivity index (χ4n) is 4.98. The van der Waals surface area contributed by atoms with Crippen molar-refractivity contribution in [2.45, 2.75) is 84.7 Å². The van der Waals surface area contributed by atoms with Gasteiger partial charge in [-0.3, -0.25) is 0 Å². The molecule has 1 N–H and O–H groups in total. The highest BCUT2D eigenvalue weighted by Crippen LogP contribution is 2.40. The van der Waals surface area contributed by atoms with E-state index in [1.165, 1.54) is 38.5 Å². The molecule has 0 spiro atoms. The van der Waals surface area contributed by atoms with E-state index >= 15 is 0 Å². The molecular weight excluding hydrogens is 256 g/mol. The van der Waals surface area contributed by atoms with Crippen LogP contribution in [0.2, 0.25) is 0 Å². The SMILES string of the molecule is CCCNC(C1CC(C)CC(C)C1)C(CC)(CC)N(C)C. The highest BCUT2D eigenvalue weighted by atomic mass is 15.2. The largest absolute Gasteiger partial charge is 0.312 e. The highest BCUT2D eigenvalue weighted by molar-refractivity contribution is 5.01. The Labute approximate surface area is 134 Å². The summed E-state index contributed by atoms with van der Waals surface area (Å²) in [7, 11) is 4.56. The van der Waals surface area contributed by atoms with E-state index < -0.39 is 0 Å². The van der Waals surface area contributed by atoms with Crippen molar-refractivity contribution in [2.24, 2.45) is 17.8 Å². The molecule has 21 heavy (non-hydrogen) atoms. The molecule has 0 aromatic rings. The molecule has 1 aliphatic rings. The molecule has 126 valence electrons. The van der Waals surface area contributed by atoms with Gasteiger partial charge in [0.25, 0.3) is 0 Å². The van der Waals surface area contributed by atoms with E-state index in [4.69, 9.17) is 0 Å². The number of nitrogens with one attached hydrogen (secondary N) is 1. The molecule has 0 amide bonds. The monoisotopic (exact) mass is 296 g/mol. The summed E-state index contributed by atoms with van der Waals surface area (Å²) in [5, 5.41) is 3.96. The van der Waals surface area contributed by atoms with Crippen molar-refractivity contribution in [3.8, 4) is 0 Å². The van der Waals surface area contributed by atoms with Gasteiger partial charge in [-0.05, 0) is 76.9 Å². The Morgan fingerprint density at radius 2 is 1.52 bits per heavy atom. The zero-order chi connectivity index (χ0) is 16.0. The Bertz CT molecular complexity index is 273. The van der Waals surface area contributed by atoms with E-state index in [9.17, 15) is 0 Å². The van der Waals surface area contributed by atoms with Gasteiger partial charge in [0.2, 0.25) is 0 Å². The van der Waals surface area contributed by atoms with Crippen LogP contribution in [0.3, 0.4) is 0 Å². The van der Waals surface area contributed by atoms with E-state index in [1.54, 1.807) is 0 Å². The van der Waals surface area contributed by atoms with E-state index in [2.05, 4.69) is 58.9 Å². The Balaban J connectivity index is 3.02. The lowest BCUT2D eigenvalue weighted by atomic mass is 9.67. The van der Waals surface area contributed by atoms with Gasteiger partial charge in [0, 0.05) is 11.6 Å². The molecule has 0 bridgehead atoms. The van der Waals surface area contributed by atoms with E-state index in [0.29, 0.717) is 11.6 Å². The van der Waals surface area contributed by atoms with Crippen LogP contribution in [-0.4, -0.2) is 37.1 Å². The molecule has 0 radical (unpaired) electrons. The van der Waals surface area contributed by atoms with Crippen LogP contribution in [0.15, 0.2) is 0 Å². The quantitative estimate of drug-likeness (QED) is 0.707. The Morgan fingerprint density at radius 1 is 1.00 bits per heavy atom. The predicted octanol–water partition coefficient (Wildman–Crippen LogP) is 4.55. The van der Waals surface area contributed by atoms with Gasteiger partial charge in [0.05, 0.1) is 0 Å². The summed E-state index contributed by atoms with van der Waals surface area (Å²) in [5.41, 5.74) is 0.302. The molecule has 0 aliphatic heterocycles. The number of hydrogen-bond donors (Lipinski definition) is 1. The fourth-order valence-corrected chi connectivity index (χ4v) is 4.98. The van der Waals surface area contributed by atoms with E-state index in [0.717, 1.165) is 24.3 Å². The van der Waals surface area contributed by atoms with Gasteiger partial charge in [0.1, 0.15) is 0 Å². The minimum Gasteiger partial charge on any atom is -0.312 e. The van der Waals surface area contributed by atoms with Crippen LogP contribution in [0, 0.1) is 17.8 Å². The lowest BCUT2D eigenvalue weighted by Crippen LogP contribution is -2.62. The molecule has 3 unspecified atom stereocenters. The molecule has 1 saturated carbocycles. The average Bonchev–Trinajstić information content (AvgIpc) is 2.42. The summed E-state index contributed by atoms with van der Waals surface area (Å²) in [6.07, 6.45) is 7.92. The summed E-state index contributed by atoms with van der Waals surface area (Å²) >= 11 is 0. The number of likely N-dealkylation sites (N-methyl/N-ethyl adjacent to an activating group) is 1. The molecule has 0 aromatic heterocycles. The topological polar surface area (TPSA) is 15.3 Å². The Hall–Kier alpha value is -0.0800. The summed E-state index contributed by atoms with van der Waals surface area (Å²) in [4.78, 5) is 2.50. The van der Waals surface area contributed by atoms with Crippen LogP contribution in [0.4, 0.5) is 0 Å². The lowest BCUT2D eigenvalue weighted by Gasteiger charge is -2.51.